The van der Waals surface area contributed by atoms with E-state index in [1.807, 2.05) is 30.8 Å². The van der Waals surface area contributed by atoms with Crippen LogP contribution in [0.2, 0.25) is 0 Å². The molecule has 0 unspecified atom stereocenters. The molecule has 1 aromatic carbocycles. The number of hydrogen-bond acceptors (Lipinski definition) is 5. The molecule has 2 N–H and O–H groups in total. The minimum absolute atomic E-state index is 0. The lowest BCUT2D eigenvalue weighted by atomic mass is 10.1. The second-order valence-electron chi connectivity index (χ2n) is 6.40. The van der Waals surface area contributed by atoms with Gasteiger partial charge in [0, 0.05) is 43.4 Å². The third-order valence-electron chi connectivity index (χ3n) is 4.64. The van der Waals surface area contributed by atoms with Crippen LogP contribution < -0.4 is 10.6 Å². The van der Waals surface area contributed by atoms with Crippen molar-refractivity contribution in [2.24, 2.45) is 0 Å². The zero-order chi connectivity index (χ0) is 16.8. The fraction of sp³-hybridized carbons (Fsp3) is 0.611. The van der Waals surface area contributed by atoms with Crippen molar-refractivity contribution < 1.29 is 9.53 Å². The van der Waals surface area contributed by atoms with Gasteiger partial charge in [-0.15, -0.1) is 24.8 Å². The van der Waals surface area contributed by atoms with Crippen molar-refractivity contribution in [1.82, 2.24) is 10.2 Å². The smallest absolute Gasteiger partial charge is 0.244 e. The number of ether oxygens (including phenoxy) is 1. The van der Waals surface area contributed by atoms with E-state index in [4.69, 9.17) is 4.74 Å². The second-order valence-corrected chi connectivity index (χ2v) is 7.62. The number of rotatable bonds is 5. The molecule has 26 heavy (non-hydrogen) atoms. The fourth-order valence-corrected chi connectivity index (χ4v) is 4.09. The van der Waals surface area contributed by atoms with Crippen molar-refractivity contribution in [2.75, 3.05) is 49.6 Å². The van der Waals surface area contributed by atoms with Gasteiger partial charge >= 0.3 is 0 Å². The second kappa shape index (κ2) is 12.1. The number of carbonyl (C=O) groups excluding carboxylic acids is 1. The molecule has 0 radical (unpaired) electrons. The first kappa shape index (κ1) is 23.5. The SMILES string of the molecule is C[C@H]1OCCN[C@@H]1C(=O)Nc1ccc(CCN2CCSCC2)cc1.Cl.Cl. The van der Waals surface area contributed by atoms with E-state index in [1.165, 1.54) is 30.2 Å². The van der Waals surface area contributed by atoms with Crippen LogP contribution in [0.1, 0.15) is 12.5 Å². The van der Waals surface area contributed by atoms with Gasteiger partial charge in [-0.1, -0.05) is 12.1 Å². The quantitative estimate of drug-likeness (QED) is 0.764. The number of benzene rings is 1. The van der Waals surface area contributed by atoms with Crippen LogP contribution in [0.3, 0.4) is 0 Å². The van der Waals surface area contributed by atoms with Gasteiger partial charge < -0.3 is 20.3 Å². The van der Waals surface area contributed by atoms with Crippen molar-refractivity contribution in [3.63, 3.8) is 0 Å². The van der Waals surface area contributed by atoms with E-state index in [0.29, 0.717) is 6.61 Å². The zero-order valence-electron chi connectivity index (χ0n) is 15.1. The van der Waals surface area contributed by atoms with Gasteiger partial charge in [0.05, 0.1) is 12.7 Å². The van der Waals surface area contributed by atoms with Crippen molar-refractivity contribution in [3.05, 3.63) is 29.8 Å². The van der Waals surface area contributed by atoms with E-state index in [2.05, 4.69) is 27.7 Å². The van der Waals surface area contributed by atoms with E-state index in [0.717, 1.165) is 25.2 Å². The number of nitrogens with one attached hydrogen (secondary N) is 2. The summed E-state index contributed by atoms with van der Waals surface area (Å²) in [6.45, 7) is 6.83. The molecule has 8 heteroatoms. The third kappa shape index (κ3) is 6.91. The van der Waals surface area contributed by atoms with Gasteiger partial charge in [0.2, 0.25) is 5.91 Å². The van der Waals surface area contributed by atoms with E-state index in [9.17, 15) is 4.79 Å². The highest BCUT2D eigenvalue weighted by Gasteiger charge is 2.28. The number of thioether (sulfide) groups is 1. The Balaban J connectivity index is 0.00000169. The minimum Gasteiger partial charge on any atom is -0.375 e. The molecule has 2 aliphatic rings. The van der Waals surface area contributed by atoms with Crippen LogP contribution in [0, 0.1) is 0 Å². The van der Waals surface area contributed by atoms with Crippen LogP contribution >= 0.6 is 36.6 Å². The summed E-state index contributed by atoms with van der Waals surface area (Å²) in [4.78, 5) is 14.9. The van der Waals surface area contributed by atoms with Crippen LogP contribution in [0.5, 0.6) is 0 Å². The lowest BCUT2D eigenvalue weighted by Gasteiger charge is -2.29. The first-order valence-corrected chi connectivity index (χ1v) is 9.93. The Labute approximate surface area is 172 Å². The minimum atomic E-state index is -0.282. The number of morpholine rings is 1. The number of halogens is 2. The average Bonchev–Trinajstić information content (AvgIpc) is 2.62. The lowest BCUT2D eigenvalue weighted by molar-refractivity contribution is -0.123. The van der Waals surface area contributed by atoms with Gasteiger partial charge in [0.15, 0.2) is 0 Å². The predicted octanol–water partition coefficient (Wildman–Crippen LogP) is 2.44. The van der Waals surface area contributed by atoms with Crippen molar-refractivity contribution in [2.45, 2.75) is 25.5 Å². The monoisotopic (exact) mass is 421 g/mol. The van der Waals surface area contributed by atoms with Gasteiger partial charge in [-0.25, -0.2) is 0 Å². The first-order chi connectivity index (χ1) is 11.7. The molecule has 2 heterocycles. The Morgan fingerprint density at radius 2 is 1.96 bits per heavy atom. The summed E-state index contributed by atoms with van der Waals surface area (Å²) >= 11 is 2.04. The molecule has 0 aromatic heterocycles. The van der Waals surface area contributed by atoms with Crippen molar-refractivity contribution >= 4 is 48.2 Å². The first-order valence-electron chi connectivity index (χ1n) is 8.77. The van der Waals surface area contributed by atoms with Gasteiger partial charge in [-0.2, -0.15) is 11.8 Å². The number of nitrogens with zero attached hydrogens (tertiary/aromatic N) is 1. The van der Waals surface area contributed by atoms with Crippen molar-refractivity contribution in [3.8, 4) is 0 Å². The van der Waals surface area contributed by atoms with Crippen LogP contribution in [0.4, 0.5) is 5.69 Å². The van der Waals surface area contributed by atoms with Gasteiger partial charge in [-0.3, -0.25) is 4.79 Å². The molecule has 3 rings (SSSR count). The Morgan fingerprint density at radius 1 is 1.27 bits per heavy atom. The molecule has 2 aliphatic heterocycles. The molecule has 0 bridgehead atoms. The summed E-state index contributed by atoms with van der Waals surface area (Å²) in [6.07, 6.45) is 0.967. The molecule has 1 amide bonds. The molecule has 0 saturated carbocycles. The number of hydrogen-bond donors (Lipinski definition) is 2. The highest BCUT2D eigenvalue weighted by molar-refractivity contribution is 7.99. The number of carbonyl (C=O) groups is 1. The van der Waals surface area contributed by atoms with Crippen LogP contribution in [0.15, 0.2) is 24.3 Å². The van der Waals surface area contributed by atoms with E-state index < -0.39 is 0 Å². The van der Waals surface area contributed by atoms with Gasteiger partial charge in [-0.05, 0) is 31.0 Å². The molecule has 1 aromatic rings. The number of anilines is 1. The molecular weight excluding hydrogens is 393 g/mol. The maximum Gasteiger partial charge on any atom is 0.244 e. The number of amides is 1. The Hall–Kier alpha value is -0.500. The standard InChI is InChI=1S/C18H27N3O2S.2ClH/c1-14-17(19-7-11-23-14)18(22)20-16-4-2-15(3-5-16)6-8-21-9-12-24-13-10-21;;/h2-5,14,17,19H,6-13H2,1H3,(H,20,22);2*1H/t14-,17+;;/m1../s1. The Kier molecular flexibility index (Phi) is 10.9. The third-order valence-corrected chi connectivity index (χ3v) is 5.58. The summed E-state index contributed by atoms with van der Waals surface area (Å²) in [5.41, 5.74) is 2.16. The predicted molar refractivity (Wildman–Crippen MR) is 114 cm³/mol. The molecule has 2 saturated heterocycles. The molecule has 148 valence electrons. The fourth-order valence-electron chi connectivity index (χ4n) is 3.11. The normalized spacial score (nSPS) is 23.4. The van der Waals surface area contributed by atoms with Crippen LogP contribution in [0.25, 0.3) is 0 Å². The molecular formula is C18H29Cl2N3O2S. The maximum absolute atomic E-state index is 12.3. The summed E-state index contributed by atoms with van der Waals surface area (Å²) in [5, 5.41) is 6.19. The molecule has 5 nitrogen and oxygen atoms in total. The Morgan fingerprint density at radius 3 is 2.62 bits per heavy atom. The maximum atomic E-state index is 12.3. The van der Waals surface area contributed by atoms with Crippen LogP contribution in [-0.2, 0) is 16.0 Å². The molecule has 0 spiro atoms. The Bertz CT molecular complexity index is 542. The topological polar surface area (TPSA) is 53.6 Å². The summed E-state index contributed by atoms with van der Waals surface area (Å²) < 4.78 is 5.53. The summed E-state index contributed by atoms with van der Waals surface area (Å²) in [5.74, 6) is 2.48. The van der Waals surface area contributed by atoms with E-state index in [1.54, 1.807) is 0 Å². The summed E-state index contributed by atoms with van der Waals surface area (Å²) in [7, 11) is 0. The van der Waals surface area contributed by atoms with Gasteiger partial charge in [0.1, 0.15) is 6.04 Å². The lowest BCUT2D eigenvalue weighted by Crippen LogP contribution is -2.53. The summed E-state index contributed by atoms with van der Waals surface area (Å²) in [6, 6.07) is 7.93. The highest BCUT2D eigenvalue weighted by Crippen LogP contribution is 2.14. The van der Waals surface area contributed by atoms with Crippen LogP contribution in [-0.4, -0.2) is 67.2 Å². The zero-order valence-corrected chi connectivity index (χ0v) is 17.6. The van der Waals surface area contributed by atoms with Crippen molar-refractivity contribution in [1.29, 1.82) is 0 Å². The molecule has 2 fully saturated rings. The molecule has 0 aliphatic carbocycles. The molecule has 2 atom stereocenters. The van der Waals surface area contributed by atoms with E-state index >= 15 is 0 Å². The average molecular weight is 422 g/mol. The van der Waals surface area contributed by atoms with E-state index in [-0.39, 0.29) is 42.9 Å². The highest BCUT2D eigenvalue weighted by atomic mass is 35.5. The van der Waals surface area contributed by atoms with Gasteiger partial charge in [0.25, 0.3) is 0 Å². The largest absolute Gasteiger partial charge is 0.375 e.